The highest BCUT2D eigenvalue weighted by Gasteiger charge is 2.37. The molecular weight excluding hydrogens is 568 g/mol. The first-order valence-electron chi connectivity index (χ1n) is 16.2. The molecule has 1 saturated heterocycles. The average Bonchev–Trinajstić information content (AvgIpc) is 2.82. The Labute approximate surface area is 264 Å². The van der Waals surface area contributed by atoms with Gasteiger partial charge in [0.1, 0.15) is 0 Å². The van der Waals surface area contributed by atoms with Crippen LogP contribution in [0.25, 0.3) is 0 Å². The Balaban J connectivity index is 3.99. The molecule has 4 N–H and O–H groups in total. The zero-order valence-electron chi connectivity index (χ0n) is 28.3. The van der Waals surface area contributed by atoms with E-state index in [0.29, 0.717) is 51.9 Å². The van der Waals surface area contributed by atoms with E-state index in [1.807, 2.05) is 19.6 Å². The molecule has 0 amide bonds. The summed E-state index contributed by atoms with van der Waals surface area (Å²) in [7, 11) is 0. The molecule has 0 saturated carbocycles. The number of carboxylic acid groups (broad SMARTS) is 4. The summed E-state index contributed by atoms with van der Waals surface area (Å²) in [5.74, 6) is -3.20. The van der Waals surface area contributed by atoms with Crippen molar-refractivity contribution in [3.63, 3.8) is 0 Å². The van der Waals surface area contributed by atoms with Crippen molar-refractivity contribution < 1.29 is 39.6 Å². The molecule has 1 heterocycles. The Bertz CT molecular complexity index is 769. The van der Waals surface area contributed by atoms with Crippen molar-refractivity contribution in [3.8, 4) is 0 Å². The minimum atomic E-state index is -0.993. The molecule has 0 bridgehead atoms. The molecule has 0 aromatic carbocycles. The van der Waals surface area contributed by atoms with Crippen LogP contribution in [0.3, 0.4) is 0 Å². The standard InChI is InChI=1S/C32H60N4O8/c1-21(2)9-25-13-34(18-30(39)40)27(11-23(5)6)15-36(20-32(43)44)28(12-24(7)8)16-35(19-31(41)42)26(10-22(3)4)14-33(25)17-29(37)38/h21-28H,9-20H2,1-8H3,(H,37,38)(H,39,40)(H,41,42)(H,43,44)/t25-,26-,27-,28-/m0/s1. The van der Waals surface area contributed by atoms with Crippen molar-refractivity contribution in [2.24, 2.45) is 23.7 Å². The lowest BCUT2D eigenvalue weighted by Crippen LogP contribution is -2.60. The monoisotopic (exact) mass is 628 g/mol. The summed E-state index contributed by atoms with van der Waals surface area (Å²) in [6.07, 6.45) is 2.50. The first kappa shape index (κ1) is 39.7. The Hall–Kier alpha value is -2.28. The summed E-state index contributed by atoms with van der Waals surface area (Å²) in [6.45, 7) is 16.6. The van der Waals surface area contributed by atoms with Crippen molar-refractivity contribution >= 4 is 23.9 Å². The summed E-state index contributed by atoms with van der Waals surface area (Å²) in [5.41, 5.74) is 0. The predicted octanol–water partition coefficient (Wildman–Crippen LogP) is 3.21. The highest BCUT2D eigenvalue weighted by Crippen LogP contribution is 2.25. The Morgan fingerprint density at radius 3 is 0.705 bits per heavy atom. The first-order chi connectivity index (χ1) is 20.4. The van der Waals surface area contributed by atoms with Crippen LogP contribution in [0.2, 0.25) is 0 Å². The van der Waals surface area contributed by atoms with Gasteiger partial charge in [-0.05, 0) is 49.4 Å². The van der Waals surface area contributed by atoms with Crippen LogP contribution in [0.5, 0.6) is 0 Å². The third kappa shape index (κ3) is 15.6. The number of hydrogen-bond donors (Lipinski definition) is 4. The van der Waals surface area contributed by atoms with Crippen molar-refractivity contribution in [1.29, 1.82) is 0 Å². The molecule has 0 unspecified atom stereocenters. The van der Waals surface area contributed by atoms with Gasteiger partial charge in [0, 0.05) is 50.3 Å². The number of carboxylic acids is 4. The second-order valence-electron chi connectivity index (χ2n) is 14.4. The Morgan fingerprint density at radius 1 is 0.432 bits per heavy atom. The molecule has 1 rings (SSSR count). The molecule has 4 atom stereocenters. The van der Waals surface area contributed by atoms with E-state index >= 15 is 0 Å². The van der Waals surface area contributed by atoms with Crippen LogP contribution < -0.4 is 0 Å². The summed E-state index contributed by atoms with van der Waals surface area (Å²) in [4.78, 5) is 56.6. The van der Waals surface area contributed by atoms with Crippen LogP contribution in [0.4, 0.5) is 0 Å². The quantitative estimate of drug-likeness (QED) is 0.198. The van der Waals surface area contributed by atoms with Crippen LogP contribution in [0.15, 0.2) is 0 Å². The van der Waals surface area contributed by atoms with Gasteiger partial charge in [0.25, 0.3) is 0 Å². The third-order valence-electron chi connectivity index (χ3n) is 8.17. The second kappa shape index (κ2) is 19.3. The van der Waals surface area contributed by atoms with Gasteiger partial charge in [-0.1, -0.05) is 55.4 Å². The van der Waals surface area contributed by atoms with Crippen LogP contribution in [-0.2, 0) is 19.2 Å². The van der Waals surface area contributed by atoms with Gasteiger partial charge in [0.15, 0.2) is 0 Å². The molecule has 12 nitrogen and oxygen atoms in total. The van der Waals surface area contributed by atoms with E-state index < -0.39 is 23.9 Å². The Morgan fingerprint density at radius 2 is 0.591 bits per heavy atom. The number of carbonyl (C=O) groups is 4. The van der Waals surface area contributed by atoms with E-state index in [0.717, 1.165) is 0 Å². The van der Waals surface area contributed by atoms with Gasteiger partial charge < -0.3 is 20.4 Å². The zero-order chi connectivity index (χ0) is 33.7. The first-order valence-corrected chi connectivity index (χ1v) is 16.2. The van der Waals surface area contributed by atoms with Gasteiger partial charge >= 0.3 is 23.9 Å². The Kier molecular flexibility index (Phi) is 17.4. The fraction of sp³-hybridized carbons (Fsp3) is 0.875. The zero-order valence-corrected chi connectivity index (χ0v) is 28.3. The van der Waals surface area contributed by atoms with Crippen LogP contribution >= 0.6 is 0 Å². The molecule has 0 radical (unpaired) electrons. The fourth-order valence-corrected chi connectivity index (χ4v) is 6.68. The molecule has 0 aromatic heterocycles. The molecule has 1 aliphatic rings. The fourth-order valence-electron chi connectivity index (χ4n) is 6.68. The average molecular weight is 629 g/mol. The molecule has 256 valence electrons. The van der Waals surface area contributed by atoms with Crippen molar-refractivity contribution in [2.75, 3.05) is 52.4 Å². The van der Waals surface area contributed by atoms with E-state index in [1.165, 1.54) is 0 Å². The molecule has 1 fully saturated rings. The highest BCUT2D eigenvalue weighted by atomic mass is 16.4. The highest BCUT2D eigenvalue weighted by molar-refractivity contribution is 5.70. The largest absolute Gasteiger partial charge is 0.480 e. The normalized spacial score (nSPS) is 24.1. The molecule has 0 aromatic rings. The molecular formula is C32H60N4O8. The van der Waals surface area contributed by atoms with Crippen molar-refractivity contribution in [1.82, 2.24) is 19.6 Å². The maximum Gasteiger partial charge on any atom is 0.317 e. The molecule has 0 aliphatic carbocycles. The van der Waals surface area contributed by atoms with Gasteiger partial charge in [-0.15, -0.1) is 0 Å². The maximum atomic E-state index is 12.2. The summed E-state index contributed by atoms with van der Waals surface area (Å²) in [5, 5.41) is 40.0. The summed E-state index contributed by atoms with van der Waals surface area (Å²) in [6, 6.07) is -1.22. The van der Waals surface area contributed by atoms with Crippen LogP contribution in [0, 0.1) is 23.7 Å². The number of aliphatic carboxylic acids is 4. The minimum absolute atomic E-state index is 0.192. The SMILES string of the molecule is CC(C)C[C@H]1CN(CC(=O)O)[C@@H](CC(C)C)CN(CC(=O)O)[C@@H](CC(C)C)CN(CC(=O)O)[C@@H](CC(C)C)CN1CC(=O)O. The smallest absolute Gasteiger partial charge is 0.317 e. The lowest BCUT2D eigenvalue weighted by Gasteiger charge is -2.46. The molecule has 1 aliphatic heterocycles. The number of rotatable bonds is 16. The van der Waals surface area contributed by atoms with E-state index in [9.17, 15) is 39.6 Å². The lowest BCUT2D eigenvalue weighted by molar-refractivity contribution is -0.144. The van der Waals surface area contributed by atoms with Crippen LogP contribution in [0.1, 0.15) is 81.1 Å². The van der Waals surface area contributed by atoms with E-state index in [-0.39, 0.29) is 74.0 Å². The van der Waals surface area contributed by atoms with Crippen LogP contribution in [-0.4, -0.2) is 140 Å². The van der Waals surface area contributed by atoms with Gasteiger partial charge in [-0.3, -0.25) is 38.8 Å². The summed E-state index contributed by atoms with van der Waals surface area (Å²) < 4.78 is 0. The lowest BCUT2D eigenvalue weighted by atomic mass is 9.94. The maximum absolute atomic E-state index is 12.2. The topological polar surface area (TPSA) is 162 Å². The third-order valence-corrected chi connectivity index (χ3v) is 8.17. The van der Waals surface area contributed by atoms with Gasteiger partial charge in [0.2, 0.25) is 0 Å². The molecule has 44 heavy (non-hydrogen) atoms. The van der Waals surface area contributed by atoms with Crippen molar-refractivity contribution in [2.45, 2.75) is 105 Å². The van der Waals surface area contributed by atoms with Gasteiger partial charge in [0.05, 0.1) is 26.2 Å². The predicted molar refractivity (Wildman–Crippen MR) is 170 cm³/mol. The second-order valence-corrected chi connectivity index (χ2v) is 14.4. The molecule has 12 heteroatoms. The van der Waals surface area contributed by atoms with E-state index in [2.05, 4.69) is 55.4 Å². The van der Waals surface area contributed by atoms with Crippen molar-refractivity contribution in [3.05, 3.63) is 0 Å². The van der Waals surface area contributed by atoms with E-state index in [1.54, 1.807) is 0 Å². The van der Waals surface area contributed by atoms with E-state index in [4.69, 9.17) is 0 Å². The van der Waals surface area contributed by atoms with Gasteiger partial charge in [-0.2, -0.15) is 0 Å². The summed E-state index contributed by atoms with van der Waals surface area (Å²) >= 11 is 0. The number of nitrogens with zero attached hydrogens (tertiary/aromatic N) is 4. The molecule has 0 spiro atoms. The number of hydrogen-bond acceptors (Lipinski definition) is 8. The van der Waals surface area contributed by atoms with Gasteiger partial charge in [-0.25, -0.2) is 0 Å². The minimum Gasteiger partial charge on any atom is -0.480 e.